The van der Waals surface area contributed by atoms with Crippen molar-refractivity contribution in [3.05, 3.63) is 40.4 Å². The molecule has 0 aliphatic heterocycles. The van der Waals surface area contributed by atoms with Gasteiger partial charge in [0, 0.05) is 44.2 Å². The first-order valence-corrected chi connectivity index (χ1v) is 8.00. The summed E-state index contributed by atoms with van der Waals surface area (Å²) in [4.78, 5) is 13.8. The molecule has 0 fully saturated rings. The Bertz CT molecular complexity index is 673. The van der Waals surface area contributed by atoms with Crippen LogP contribution in [0, 0.1) is 0 Å². The molecule has 2 aromatic rings. The van der Waals surface area contributed by atoms with Crippen LogP contribution in [0.2, 0.25) is 0 Å². The topological polar surface area (TPSA) is 56.0 Å². The lowest BCUT2D eigenvalue weighted by Gasteiger charge is -2.13. The third-order valence-electron chi connectivity index (χ3n) is 3.27. The van der Waals surface area contributed by atoms with Crippen molar-refractivity contribution >= 4 is 27.9 Å². The van der Waals surface area contributed by atoms with Crippen molar-refractivity contribution in [3.8, 4) is 0 Å². The largest absolute Gasteiger partial charge is 0.336 e. The quantitative estimate of drug-likeness (QED) is 0.739. The van der Waals surface area contributed by atoms with Gasteiger partial charge in [0.05, 0.1) is 22.9 Å². The molecule has 2 aromatic heterocycles. The zero-order valence-electron chi connectivity index (χ0n) is 13.0. The van der Waals surface area contributed by atoms with E-state index in [9.17, 15) is 4.79 Å². The van der Waals surface area contributed by atoms with Crippen LogP contribution in [-0.4, -0.2) is 37.4 Å². The Kier molecular flexibility index (Phi) is 5.54. The van der Waals surface area contributed by atoms with Crippen molar-refractivity contribution in [3.63, 3.8) is 0 Å². The summed E-state index contributed by atoms with van der Waals surface area (Å²) < 4.78 is 4.58. The van der Waals surface area contributed by atoms with E-state index in [1.54, 1.807) is 30.3 Å². The molecule has 2 heterocycles. The number of hydrogen-bond acceptors (Lipinski definition) is 3. The number of amides is 1. The molecule has 0 spiro atoms. The van der Waals surface area contributed by atoms with Gasteiger partial charge < -0.3 is 4.90 Å². The zero-order chi connectivity index (χ0) is 16.1. The van der Waals surface area contributed by atoms with E-state index in [4.69, 9.17) is 0 Å². The minimum atomic E-state index is -0.0674. The molecule has 22 heavy (non-hydrogen) atoms. The number of halogens is 1. The van der Waals surface area contributed by atoms with Gasteiger partial charge in [0.1, 0.15) is 0 Å². The molecule has 0 saturated carbocycles. The smallest absolute Gasteiger partial charge is 0.246 e. The second-order valence-electron chi connectivity index (χ2n) is 4.94. The van der Waals surface area contributed by atoms with Gasteiger partial charge in [-0.2, -0.15) is 10.2 Å². The first-order valence-electron chi connectivity index (χ1n) is 7.21. The van der Waals surface area contributed by atoms with Gasteiger partial charge in [-0.1, -0.05) is 0 Å². The molecule has 0 saturated heterocycles. The molecule has 1 amide bonds. The van der Waals surface area contributed by atoms with Crippen LogP contribution in [-0.2, 0) is 24.4 Å². The summed E-state index contributed by atoms with van der Waals surface area (Å²) in [6.07, 6.45) is 8.90. The summed E-state index contributed by atoms with van der Waals surface area (Å²) in [6, 6.07) is 0. The van der Waals surface area contributed by atoms with Crippen LogP contribution in [0.1, 0.15) is 25.1 Å². The van der Waals surface area contributed by atoms with Crippen molar-refractivity contribution < 1.29 is 4.79 Å². The maximum Gasteiger partial charge on any atom is 0.246 e. The lowest BCUT2D eigenvalue weighted by molar-refractivity contribution is -0.125. The highest BCUT2D eigenvalue weighted by atomic mass is 79.9. The van der Waals surface area contributed by atoms with Gasteiger partial charge in [-0.3, -0.25) is 14.2 Å². The Labute approximate surface area is 138 Å². The highest BCUT2D eigenvalue weighted by molar-refractivity contribution is 9.10. The number of hydrogen-bond donors (Lipinski definition) is 0. The predicted molar refractivity (Wildman–Crippen MR) is 89.0 cm³/mol. The number of aromatic nitrogens is 4. The summed E-state index contributed by atoms with van der Waals surface area (Å²) in [5.41, 5.74) is 1.77. The van der Waals surface area contributed by atoms with E-state index in [0.29, 0.717) is 6.54 Å². The van der Waals surface area contributed by atoms with Crippen molar-refractivity contribution in [1.29, 1.82) is 0 Å². The average Bonchev–Trinajstić information content (AvgIpc) is 3.11. The number of rotatable bonds is 6. The Balaban J connectivity index is 1.97. The predicted octanol–water partition coefficient (Wildman–Crippen LogP) is 2.55. The molecular weight excluding hydrogens is 346 g/mol. The standard InChI is InChI=1S/C15H20BrN5O/c1-4-20-9-12(8-17-20)6-7-15(22)19(3)11-14-13(16)10-21(5-2)18-14/h6-10H,4-5,11H2,1-3H3/b7-6+. The SMILES string of the molecule is CCn1cc(/C=C/C(=O)N(C)Cc2nn(CC)cc2Br)cn1. The second-order valence-corrected chi connectivity index (χ2v) is 5.79. The van der Waals surface area contributed by atoms with E-state index in [2.05, 4.69) is 26.1 Å². The molecule has 0 aromatic carbocycles. The molecule has 118 valence electrons. The number of carbonyl (C=O) groups excluding carboxylic acids is 1. The van der Waals surface area contributed by atoms with E-state index in [0.717, 1.165) is 28.8 Å². The van der Waals surface area contributed by atoms with Gasteiger partial charge in [0.25, 0.3) is 0 Å². The monoisotopic (exact) mass is 365 g/mol. The van der Waals surface area contributed by atoms with Gasteiger partial charge in [-0.25, -0.2) is 0 Å². The molecule has 6 nitrogen and oxygen atoms in total. The van der Waals surface area contributed by atoms with Crippen LogP contribution in [0.15, 0.2) is 29.1 Å². The molecule has 2 rings (SSSR count). The fraction of sp³-hybridized carbons (Fsp3) is 0.400. The third-order valence-corrected chi connectivity index (χ3v) is 3.93. The normalized spacial score (nSPS) is 11.3. The zero-order valence-corrected chi connectivity index (χ0v) is 14.6. The summed E-state index contributed by atoms with van der Waals surface area (Å²) >= 11 is 3.47. The van der Waals surface area contributed by atoms with Gasteiger partial charge in [0.15, 0.2) is 0 Å². The molecule has 0 unspecified atom stereocenters. The average molecular weight is 366 g/mol. The Morgan fingerprint density at radius 2 is 2.05 bits per heavy atom. The summed E-state index contributed by atoms with van der Waals surface area (Å²) in [6.45, 7) is 6.13. The highest BCUT2D eigenvalue weighted by Gasteiger charge is 2.11. The van der Waals surface area contributed by atoms with E-state index < -0.39 is 0 Å². The third kappa shape index (κ3) is 4.07. The molecule has 0 atom stereocenters. The van der Waals surface area contributed by atoms with E-state index in [1.807, 2.05) is 35.6 Å². The second kappa shape index (κ2) is 7.40. The maximum atomic E-state index is 12.1. The van der Waals surface area contributed by atoms with Crippen molar-refractivity contribution in [2.24, 2.45) is 0 Å². The fourth-order valence-corrected chi connectivity index (χ4v) is 2.38. The van der Waals surface area contributed by atoms with Crippen molar-refractivity contribution in [2.45, 2.75) is 33.5 Å². The Morgan fingerprint density at radius 1 is 1.32 bits per heavy atom. The molecule has 0 aliphatic carbocycles. The van der Waals surface area contributed by atoms with E-state index in [-0.39, 0.29) is 5.91 Å². The van der Waals surface area contributed by atoms with E-state index >= 15 is 0 Å². The van der Waals surface area contributed by atoms with Crippen LogP contribution >= 0.6 is 15.9 Å². The number of aryl methyl sites for hydroxylation is 2. The van der Waals surface area contributed by atoms with Crippen molar-refractivity contribution in [1.82, 2.24) is 24.5 Å². The molecule has 7 heteroatoms. The van der Waals surface area contributed by atoms with E-state index in [1.165, 1.54) is 0 Å². The summed E-state index contributed by atoms with van der Waals surface area (Å²) in [5.74, 6) is -0.0674. The van der Waals surface area contributed by atoms with Gasteiger partial charge in [-0.15, -0.1) is 0 Å². The van der Waals surface area contributed by atoms with Crippen LogP contribution in [0.3, 0.4) is 0 Å². The minimum absolute atomic E-state index is 0.0674. The van der Waals surface area contributed by atoms with Crippen molar-refractivity contribution in [2.75, 3.05) is 7.05 Å². The molecular formula is C15H20BrN5O. The van der Waals surface area contributed by atoms with Crippen LogP contribution in [0.4, 0.5) is 0 Å². The highest BCUT2D eigenvalue weighted by Crippen LogP contribution is 2.16. The minimum Gasteiger partial charge on any atom is -0.336 e. The summed E-state index contributed by atoms with van der Waals surface area (Å²) in [5, 5.41) is 8.59. The van der Waals surface area contributed by atoms with Gasteiger partial charge in [-0.05, 0) is 35.9 Å². The van der Waals surface area contributed by atoms with Crippen LogP contribution in [0.25, 0.3) is 6.08 Å². The summed E-state index contributed by atoms with van der Waals surface area (Å²) in [7, 11) is 1.76. The lowest BCUT2D eigenvalue weighted by Crippen LogP contribution is -2.24. The number of likely N-dealkylation sites (N-methyl/N-ethyl adjacent to an activating group) is 1. The first kappa shape index (κ1) is 16.5. The maximum absolute atomic E-state index is 12.1. The first-order chi connectivity index (χ1) is 10.5. The van der Waals surface area contributed by atoms with Gasteiger partial charge >= 0.3 is 0 Å². The van der Waals surface area contributed by atoms with Crippen LogP contribution in [0.5, 0.6) is 0 Å². The molecule has 0 radical (unpaired) electrons. The molecule has 0 bridgehead atoms. The molecule has 0 aliphatic rings. The number of nitrogens with zero attached hydrogens (tertiary/aromatic N) is 5. The molecule has 0 N–H and O–H groups in total. The number of carbonyl (C=O) groups is 1. The Hall–Kier alpha value is -1.89. The lowest BCUT2D eigenvalue weighted by atomic mass is 10.3. The Morgan fingerprint density at radius 3 is 2.64 bits per heavy atom. The van der Waals surface area contributed by atoms with Gasteiger partial charge in [0.2, 0.25) is 5.91 Å². The fourth-order valence-electron chi connectivity index (χ4n) is 1.94. The van der Waals surface area contributed by atoms with Crippen LogP contribution < -0.4 is 0 Å².